The van der Waals surface area contributed by atoms with Crippen LogP contribution in [0.25, 0.3) is 0 Å². The Morgan fingerprint density at radius 2 is 1.44 bits per heavy atom. The third kappa shape index (κ3) is 3.12. The molecule has 0 saturated carbocycles. The van der Waals surface area contributed by atoms with Crippen LogP contribution in [0, 0.1) is 0 Å². The number of aliphatic hydroxyl groups excluding tert-OH is 1. The molecule has 0 saturated heterocycles. The van der Waals surface area contributed by atoms with E-state index >= 15 is 0 Å². The summed E-state index contributed by atoms with van der Waals surface area (Å²) in [6, 6.07) is 19.9. The van der Waals surface area contributed by atoms with Gasteiger partial charge in [0.05, 0.1) is 6.10 Å². The Morgan fingerprint density at radius 1 is 0.875 bits per heavy atom. The molecule has 2 aromatic rings. The Balaban J connectivity index is 1.92. The van der Waals surface area contributed by atoms with Gasteiger partial charge in [0, 0.05) is 10.6 Å². The molecule has 0 aliphatic rings. The standard InChI is InChI=1S/C14H14OS/c15-14(12-7-3-1-4-8-12)11-16-13-9-5-2-6-10-13/h1-10,14-15H,11H2. The van der Waals surface area contributed by atoms with Crippen LogP contribution in [-0.4, -0.2) is 10.9 Å². The highest BCUT2D eigenvalue weighted by Gasteiger charge is 2.06. The Hall–Kier alpha value is -1.25. The first-order valence-corrected chi connectivity index (χ1v) is 6.25. The molecule has 0 amide bonds. The number of benzene rings is 2. The van der Waals surface area contributed by atoms with E-state index in [-0.39, 0.29) is 0 Å². The summed E-state index contributed by atoms with van der Waals surface area (Å²) in [7, 11) is 0. The first-order chi connectivity index (χ1) is 7.86. The lowest BCUT2D eigenvalue weighted by atomic mass is 10.1. The van der Waals surface area contributed by atoms with Crippen LogP contribution in [-0.2, 0) is 0 Å². The summed E-state index contributed by atoms with van der Waals surface area (Å²) in [5.41, 5.74) is 0.978. The van der Waals surface area contributed by atoms with Crippen molar-refractivity contribution in [2.45, 2.75) is 11.0 Å². The molecule has 1 unspecified atom stereocenters. The summed E-state index contributed by atoms with van der Waals surface area (Å²) in [5, 5.41) is 9.96. The Morgan fingerprint density at radius 3 is 2.06 bits per heavy atom. The molecule has 1 N–H and O–H groups in total. The third-order valence-corrected chi connectivity index (χ3v) is 3.42. The maximum absolute atomic E-state index is 9.96. The monoisotopic (exact) mass is 230 g/mol. The Labute approximate surface area is 100 Å². The summed E-state index contributed by atoms with van der Waals surface area (Å²) in [4.78, 5) is 1.19. The van der Waals surface area contributed by atoms with Crippen LogP contribution in [0.2, 0.25) is 0 Å². The lowest BCUT2D eigenvalue weighted by Gasteiger charge is -2.10. The molecule has 2 heteroatoms. The van der Waals surface area contributed by atoms with Crippen molar-refractivity contribution in [2.24, 2.45) is 0 Å². The summed E-state index contributed by atoms with van der Waals surface area (Å²) in [6.07, 6.45) is -0.397. The summed E-state index contributed by atoms with van der Waals surface area (Å²) in [5.74, 6) is 0.689. The topological polar surface area (TPSA) is 20.2 Å². The van der Waals surface area contributed by atoms with E-state index in [1.54, 1.807) is 11.8 Å². The van der Waals surface area contributed by atoms with Crippen LogP contribution in [0.5, 0.6) is 0 Å². The van der Waals surface area contributed by atoms with Crippen molar-refractivity contribution in [2.75, 3.05) is 5.75 Å². The summed E-state index contributed by atoms with van der Waals surface area (Å²) >= 11 is 1.67. The van der Waals surface area contributed by atoms with Crippen molar-refractivity contribution in [1.82, 2.24) is 0 Å². The molecule has 0 bridgehead atoms. The predicted octanol–water partition coefficient (Wildman–Crippen LogP) is 3.51. The third-order valence-electron chi connectivity index (χ3n) is 2.34. The molecule has 1 atom stereocenters. The van der Waals surface area contributed by atoms with Crippen molar-refractivity contribution in [1.29, 1.82) is 0 Å². The van der Waals surface area contributed by atoms with E-state index in [1.165, 1.54) is 4.90 Å². The van der Waals surface area contributed by atoms with Crippen molar-refractivity contribution >= 4 is 11.8 Å². The maximum Gasteiger partial charge on any atom is 0.0883 e. The minimum Gasteiger partial charge on any atom is -0.388 e. The second kappa shape index (κ2) is 5.73. The fourth-order valence-electron chi connectivity index (χ4n) is 1.46. The SMILES string of the molecule is OC(CSc1ccccc1)c1ccccc1. The zero-order chi connectivity index (χ0) is 11.2. The minimum absolute atomic E-state index is 0.397. The molecule has 1 nitrogen and oxygen atoms in total. The zero-order valence-corrected chi connectivity index (χ0v) is 9.73. The number of rotatable bonds is 4. The second-order valence-corrected chi connectivity index (χ2v) is 4.64. The largest absolute Gasteiger partial charge is 0.388 e. The Bertz CT molecular complexity index is 413. The van der Waals surface area contributed by atoms with Crippen molar-refractivity contribution in [3.63, 3.8) is 0 Å². The highest BCUT2D eigenvalue weighted by Crippen LogP contribution is 2.24. The Kier molecular flexibility index (Phi) is 4.03. The van der Waals surface area contributed by atoms with Crippen molar-refractivity contribution in [3.8, 4) is 0 Å². The fourth-order valence-corrected chi connectivity index (χ4v) is 2.36. The number of thioether (sulfide) groups is 1. The first kappa shape index (κ1) is 11.2. The average molecular weight is 230 g/mol. The number of hydrogen-bond donors (Lipinski definition) is 1. The smallest absolute Gasteiger partial charge is 0.0883 e. The van der Waals surface area contributed by atoms with Crippen LogP contribution < -0.4 is 0 Å². The number of aliphatic hydroxyl groups is 1. The van der Waals surface area contributed by atoms with E-state index in [2.05, 4.69) is 12.1 Å². The summed E-state index contributed by atoms with van der Waals surface area (Å²) < 4.78 is 0. The molecule has 82 valence electrons. The van der Waals surface area contributed by atoms with Gasteiger partial charge in [0.15, 0.2) is 0 Å². The van der Waals surface area contributed by atoms with E-state index < -0.39 is 6.10 Å². The lowest BCUT2D eigenvalue weighted by Crippen LogP contribution is -1.99. The van der Waals surface area contributed by atoms with Gasteiger partial charge in [-0.3, -0.25) is 0 Å². The van der Waals surface area contributed by atoms with Crippen LogP contribution in [0.1, 0.15) is 11.7 Å². The van der Waals surface area contributed by atoms with Crippen LogP contribution >= 0.6 is 11.8 Å². The van der Waals surface area contributed by atoms with Crippen LogP contribution in [0.4, 0.5) is 0 Å². The first-order valence-electron chi connectivity index (χ1n) is 5.27. The molecular formula is C14H14OS. The molecule has 0 fully saturated rings. The number of hydrogen-bond acceptors (Lipinski definition) is 2. The molecule has 0 aromatic heterocycles. The maximum atomic E-state index is 9.96. The van der Waals surface area contributed by atoms with Gasteiger partial charge >= 0.3 is 0 Å². The molecule has 0 heterocycles. The lowest BCUT2D eigenvalue weighted by molar-refractivity contribution is 0.204. The van der Waals surface area contributed by atoms with Gasteiger partial charge in [-0.2, -0.15) is 0 Å². The molecule has 2 rings (SSSR count). The van der Waals surface area contributed by atoms with Crippen LogP contribution in [0.3, 0.4) is 0 Å². The zero-order valence-electron chi connectivity index (χ0n) is 8.91. The molecule has 0 spiro atoms. The highest BCUT2D eigenvalue weighted by atomic mass is 32.2. The predicted molar refractivity (Wildman–Crippen MR) is 68.6 cm³/mol. The van der Waals surface area contributed by atoms with Gasteiger partial charge in [0.25, 0.3) is 0 Å². The van der Waals surface area contributed by atoms with Gasteiger partial charge in [-0.15, -0.1) is 11.8 Å². The summed E-state index contributed by atoms with van der Waals surface area (Å²) in [6.45, 7) is 0. The molecule has 16 heavy (non-hydrogen) atoms. The highest BCUT2D eigenvalue weighted by molar-refractivity contribution is 7.99. The van der Waals surface area contributed by atoms with E-state index in [9.17, 15) is 5.11 Å². The molecule has 0 radical (unpaired) electrons. The average Bonchev–Trinajstić information content (AvgIpc) is 2.38. The van der Waals surface area contributed by atoms with E-state index in [4.69, 9.17) is 0 Å². The van der Waals surface area contributed by atoms with Gasteiger partial charge < -0.3 is 5.11 Å². The normalized spacial score (nSPS) is 12.3. The van der Waals surface area contributed by atoms with Gasteiger partial charge in [-0.25, -0.2) is 0 Å². The van der Waals surface area contributed by atoms with Gasteiger partial charge in [-0.1, -0.05) is 48.5 Å². The van der Waals surface area contributed by atoms with E-state index in [1.807, 2.05) is 48.5 Å². The molecule has 0 aliphatic carbocycles. The van der Waals surface area contributed by atoms with Crippen LogP contribution in [0.15, 0.2) is 65.6 Å². The second-order valence-electron chi connectivity index (χ2n) is 3.55. The van der Waals surface area contributed by atoms with Gasteiger partial charge in [-0.05, 0) is 17.7 Å². The quantitative estimate of drug-likeness (QED) is 0.811. The van der Waals surface area contributed by atoms with E-state index in [0.717, 1.165) is 5.56 Å². The van der Waals surface area contributed by atoms with E-state index in [0.29, 0.717) is 5.75 Å². The van der Waals surface area contributed by atoms with Gasteiger partial charge in [0.1, 0.15) is 0 Å². The molecule has 0 aliphatic heterocycles. The fraction of sp³-hybridized carbons (Fsp3) is 0.143. The minimum atomic E-state index is -0.397. The molecule has 2 aromatic carbocycles. The van der Waals surface area contributed by atoms with Gasteiger partial charge in [0.2, 0.25) is 0 Å². The molecular weight excluding hydrogens is 216 g/mol. The van der Waals surface area contributed by atoms with Crippen molar-refractivity contribution < 1.29 is 5.11 Å². The van der Waals surface area contributed by atoms with Crippen molar-refractivity contribution in [3.05, 3.63) is 66.2 Å².